The SMILES string of the molecule is CCCNC(=O)c1ccc2c(=O)n(-c3cccc(F)c3)c(SCC(=O)c3c[nH]c4ccccc34)nc2c1. The molecule has 0 radical (unpaired) electrons. The van der Waals surface area contributed by atoms with Gasteiger partial charge >= 0.3 is 0 Å². The molecule has 2 aromatic heterocycles. The largest absolute Gasteiger partial charge is 0.360 e. The lowest BCUT2D eigenvalue weighted by atomic mass is 10.1. The number of Topliss-reactive ketones (excluding diaryl/α,β-unsaturated/α-hetero) is 1. The van der Waals surface area contributed by atoms with E-state index in [0.29, 0.717) is 28.9 Å². The summed E-state index contributed by atoms with van der Waals surface area (Å²) in [7, 11) is 0. The molecule has 5 aromatic rings. The first-order chi connectivity index (χ1) is 18.0. The van der Waals surface area contributed by atoms with E-state index in [1.54, 1.807) is 30.5 Å². The number of rotatable bonds is 8. The number of aromatic amines is 1. The average Bonchev–Trinajstić information content (AvgIpc) is 3.34. The number of carbonyl (C=O) groups is 2. The Bertz CT molecular complexity index is 1710. The van der Waals surface area contributed by atoms with Crippen LogP contribution in [0.5, 0.6) is 0 Å². The lowest BCUT2D eigenvalue weighted by Gasteiger charge is -2.14. The van der Waals surface area contributed by atoms with Crippen LogP contribution in [0.2, 0.25) is 0 Å². The van der Waals surface area contributed by atoms with Gasteiger partial charge in [-0.05, 0) is 48.9 Å². The average molecular weight is 515 g/mol. The lowest BCUT2D eigenvalue weighted by molar-refractivity contribution is 0.0953. The van der Waals surface area contributed by atoms with Gasteiger partial charge in [0.05, 0.1) is 22.3 Å². The fraction of sp³-hybridized carbons (Fsp3) is 0.143. The first-order valence-corrected chi connectivity index (χ1v) is 12.8. The number of halogens is 1. The van der Waals surface area contributed by atoms with Gasteiger partial charge in [0.1, 0.15) is 5.82 Å². The minimum Gasteiger partial charge on any atom is -0.360 e. The van der Waals surface area contributed by atoms with Crippen LogP contribution in [-0.2, 0) is 0 Å². The number of hydrogen-bond acceptors (Lipinski definition) is 5. The summed E-state index contributed by atoms with van der Waals surface area (Å²) in [5, 5.41) is 4.13. The van der Waals surface area contributed by atoms with Gasteiger partial charge < -0.3 is 10.3 Å². The summed E-state index contributed by atoms with van der Waals surface area (Å²) in [4.78, 5) is 46.9. The van der Waals surface area contributed by atoms with Crippen LogP contribution in [0.3, 0.4) is 0 Å². The molecular formula is C28H23FN4O3S. The predicted molar refractivity (Wildman–Crippen MR) is 143 cm³/mol. The first-order valence-electron chi connectivity index (χ1n) is 11.8. The van der Waals surface area contributed by atoms with E-state index in [1.165, 1.54) is 22.8 Å². The van der Waals surface area contributed by atoms with Crippen LogP contribution in [0.4, 0.5) is 4.39 Å². The normalized spacial score (nSPS) is 11.2. The smallest absolute Gasteiger partial charge is 0.266 e. The highest BCUT2D eigenvalue weighted by atomic mass is 32.2. The van der Waals surface area contributed by atoms with Crippen molar-refractivity contribution in [3.63, 3.8) is 0 Å². The zero-order valence-corrected chi connectivity index (χ0v) is 20.8. The molecular weight excluding hydrogens is 491 g/mol. The molecule has 0 aliphatic heterocycles. The van der Waals surface area contributed by atoms with Crippen molar-refractivity contribution in [3.8, 4) is 5.69 Å². The number of aromatic nitrogens is 3. The van der Waals surface area contributed by atoms with Gasteiger partial charge in [-0.25, -0.2) is 9.37 Å². The Hall–Kier alpha value is -4.24. The van der Waals surface area contributed by atoms with Crippen molar-refractivity contribution < 1.29 is 14.0 Å². The summed E-state index contributed by atoms with van der Waals surface area (Å²) in [5.41, 5.74) is 1.97. The molecule has 0 saturated carbocycles. The molecule has 9 heteroatoms. The lowest BCUT2D eigenvalue weighted by Crippen LogP contribution is -2.25. The number of nitrogens with one attached hydrogen (secondary N) is 2. The summed E-state index contributed by atoms with van der Waals surface area (Å²) in [6.45, 7) is 2.49. The molecule has 0 aliphatic rings. The zero-order chi connectivity index (χ0) is 25.9. The molecule has 2 heterocycles. The molecule has 186 valence electrons. The standard InChI is InChI=1S/C28H23FN4O3S/c1-2-12-30-26(35)17-10-11-21-24(13-17)32-28(33(27(21)36)19-7-5-6-18(29)14-19)37-16-25(34)22-15-31-23-9-4-3-8-20(22)23/h3-11,13-15,31H,2,12,16H2,1H3,(H,30,35). The third-order valence-corrected chi connectivity index (χ3v) is 6.86. The molecule has 0 spiro atoms. The Morgan fingerprint density at radius 3 is 2.70 bits per heavy atom. The van der Waals surface area contributed by atoms with Crippen LogP contribution in [0.1, 0.15) is 34.1 Å². The van der Waals surface area contributed by atoms with Crippen molar-refractivity contribution in [3.05, 3.63) is 100 Å². The van der Waals surface area contributed by atoms with E-state index in [-0.39, 0.29) is 28.0 Å². The summed E-state index contributed by atoms with van der Waals surface area (Å²) in [6, 6.07) is 17.8. The molecule has 37 heavy (non-hydrogen) atoms. The van der Waals surface area contributed by atoms with E-state index in [1.807, 2.05) is 31.2 Å². The number of nitrogens with zero attached hydrogens (tertiary/aromatic N) is 2. The zero-order valence-electron chi connectivity index (χ0n) is 20.0. The fourth-order valence-corrected chi connectivity index (χ4v) is 4.99. The van der Waals surface area contributed by atoms with Crippen LogP contribution in [0.25, 0.3) is 27.5 Å². The van der Waals surface area contributed by atoms with E-state index >= 15 is 0 Å². The van der Waals surface area contributed by atoms with Gasteiger partial charge in [0.25, 0.3) is 11.5 Å². The second-order valence-corrected chi connectivity index (χ2v) is 9.40. The van der Waals surface area contributed by atoms with Crippen molar-refractivity contribution in [2.45, 2.75) is 18.5 Å². The third-order valence-electron chi connectivity index (χ3n) is 5.92. The topological polar surface area (TPSA) is 96.9 Å². The van der Waals surface area contributed by atoms with Crippen LogP contribution >= 0.6 is 11.8 Å². The maximum Gasteiger partial charge on any atom is 0.266 e. The Morgan fingerprint density at radius 2 is 1.89 bits per heavy atom. The summed E-state index contributed by atoms with van der Waals surface area (Å²) >= 11 is 1.09. The maximum atomic E-state index is 14.1. The number of benzene rings is 3. The highest BCUT2D eigenvalue weighted by molar-refractivity contribution is 7.99. The van der Waals surface area contributed by atoms with Crippen molar-refractivity contribution in [2.75, 3.05) is 12.3 Å². The molecule has 0 saturated heterocycles. The Morgan fingerprint density at radius 1 is 1.05 bits per heavy atom. The number of amides is 1. The minimum atomic E-state index is -0.502. The van der Waals surface area contributed by atoms with Gasteiger partial charge in [0, 0.05) is 34.8 Å². The molecule has 0 unspecified atom stereocenters. The molecule has 0 atom stereocenters. The number of thioether (sulfide) groups is 1. The first kappa shape index (κ1) is 24.5. The van der Waals surface area contributed by atoms with Gasteiger partial charge in [-0.15, -0.1) is 0 Å². The monoisotopic (exact) mass is 514 g/mol. The molecule has 5 rings (SSSR count). The second kappa shape index (κ2) is 10.4. The second-order valence-electron chi connectivity index (χ2n) is 8.46. The number of hydrogen-bond donors (Lipinski definition) is 2. The van der Waals surface area contributed by atoms with Crippen molar-refractivity contribution in [1.29, 1.82) is 0 Å². The Labute approximate surface area is 215 Å². The molecule has 3 aromatic carbocycles. The molecule has 0 fully saturated rings. The Balaban J connectivity index is 1.56. The number of fused-ring (bicyclic) bond motifs is 2. The highest BCUT2D eigenvalue weighted by Crippen LogP contribution is 2.25. The fourth-order valence-electron chi connectivity index (χ4n) is 4.10. The number of H-pyrrole nitrogens is 1. The van der Waals surface area contributed by atoms with Crippen LogP contribution in [0.15, 0.2) is 82.9 Å². The number of ketones is 1. The van der Waals surface area contributed by atoms with E-state index in [2.05, 4.69) is 15.3 Å². The molecule has 0 bridgehead atoms. The molecule has 7 nitrogen and oxygen atoms in total. The van der Waals surface area contributed by atoms with Gasteiger partial charge in [-0.1, -0.05) is 43.0 Å². The molecule has 2 N–H and O–H groups in total. The highest BCUT2D eigenvalue weighted by Gasteiger charge is 2.18. The quantitative estimate of drug-likeness (QED) is 0.170. The Kier molecular flexibility index (Phi) is 6.87. The van der Waals surface area contributed by atoms with Gasteiger partial charge in [0.15, 0.2) is 10.9 Å². The van der Waals surface area contributed by atoms with E-state index in [0.717, 1.165) is 29.1 Å². The minimum absolute atomic E-state index is 0.00574. The third kappa shape index (κ3) is 4.90. The van der Waals surface area contributed by atoms with Crippen molar-refractivity contribution >= 4 is 45.3 Å². The van der Waals surface area contributed by atoms with E-state index in [4.69, 9.17) is 0 Å². The van der Waals surface area contributed by atoms with E-state index < -0.39 is 11.4 Å². The predicted octanol–water partition coefficient (Wildman–Crippen LogP) is 5.12. The summed E-state index contributed by atoms with van der Waals surface area (Å²) < 4.78 is 15.4. The van der Waals surface area contributed by atoms with Gasteiger partial charge in [-0.2, -0.15) is 0 Å². The molecule has 1 amide bonds. The number of para-hydroxylation sites is 1. The van der Waals surface area contributed by atoms with Gasteiger partial charge in [0.2, 0.25) is 0 Å². The summed E-state index contributed by atoms with van der Waals surface area (Å²) in [5.74, 6) is -0.900. The van der Waals surface area contributed by atoms with Crippen molar-refractivity contribution in [2.24, 2.45) is 0 Å². The van der Waals surface area contributed by atoms with Crippen LogP contribution in [-0.4, -0.2) is 38.5 Å². The van der Waals surface area contributed by atoms with Crippen LogP contribution in [0, 0.1) is 5.82 Å². The van der Waals surface area contributed by atoms with E-state index in [9.17, 15) is 18.8 Å². The summed E-state index contributed by atoms with van der Waals surface area (Å²) in [6.07, 6.45) is 2.46. The van der Waals surface area contributed by atoms with Gasteiger partial charge in [-0.3, -0.25) is 19.0 Å². The maximum absolute atomic E-state index is 14.1. The van der Waals surface area contributed by atoms with Crippen molar-refractivity contribution in [1.82, 2.24) is 19.9 Å². The number of carbonyl (C=O) groups excluding carboxylic acids is 2. The van der Waals surface area contributed by atoms with Crippen LogP contribution < -0.4 is 10.9 Å². The molecule has 0 aliphatic carbocycles.